The maximum Gasteiger partial charge on any atom is 0.0952 e. The maximum atomic E-state index is 6.34. The fourth-order valence-electron chi connectivity index (χ4n) is 2.63. The predicted octanol–water partition coefficient (Wildman–Crippen LogP) is 4.45. The largest absolute Gasteiger partial charge is 0.369 e. The SMILES string of the molecule is CCNCC(OC1CCCCC1)c1ccc(Br)cc1. The van der Waals surface area contributed by atoms with Crippen molar-refractivity contribution in [3.63, 3.8) is 0 Å². The lowest BCUT2D eigenvalue weighted by molar-refractivity contribution is -0.0304. The summed E-state index contributed by atoms with van der Waals surface area (Å²) in [6, 6.07) is 8.51. The molecule has 3 heteroatoms. The summed E-state index contributed by atoms with van der Waals surface area (Å²) in [5.41, 5.74) is 1.27. The van der Waals surface area contributed by atoms with Gasteiger partial charge in [0, 0.05) is 11.0 Å². The first-order valence-corrected chi connectivity index (χ1v) is 8.20. The molecule has 2 rings (SSSR count). The molecule has 1 saturated carbocycles. The highest BCUT2D eigenvalue weighted by Gasteiger charge is 2.20. The Labute approximate surface area is 125 Å². The van der Waals surface area contributed by atoms with Gasteiger partial charge in [-0.1, -0.05) is 54.2 Å². The Balaban J connectivity index is 1.99. The van der Waals surface area contributed by atoms with Gasteiger partial charge in [0.25, 0.3) is 0 Å². The van der Waals surface area contributed by atoms with Crippen molar-refractivity contribution in [1.82, 2.24) is 5.32 Å². The molecule has 1 aromatic carbocycles. The fourth-order valence-corrected chi connectivity index (χ4v) is 2.90. The lowest BCUT2D eigenvalue weighted by Crippen LogP contribution is -2.27. The van der Waals surface area contributed by atoms with Gasteiger partial charge in [0.05, 0.1) is 12.2 Å². The van der Waals surface area contributed by atoms with Crippen LogP contribution in [-0.2, 0) is 4.74 Å². The molecule has 1 atom stereocenters. The molecular weight excluding hydrogens is 302 g/mol. The van der Waals surface area contributed by atoms with Crippen LogP contribution in [0.3, 0.4) is 0 Å². The van der Waals surface area contributed by atoms with E-state index in [-0.39, 0.29) is 6.10 Å². The molecule has 0 heterocycles. The summed E-state index contributed by atoms with van der Waals surface area (Å²) < 4.78 is 7.46. The summed E-state index contributed by atoms with van der Waals surface area (Å²) in [6.07, 6.45) is 7.07. The van der Waals surface area contributed by atoms with E-state index in [0.717, 1.165) is 17.6 Å². The molecule has 0 spiro atoms. The van der Waals surface area contributed by atoms with Crippen LogP contribution in [0.15, 0.2) is 28.7 Å². The van der Waals surface area contributed by atoms with Gasteiger partial charge < -0.3 is 10.1 Å². The zero-order valence-electron chi connectivity index (χ0n) is 11.7. The Bertz CT molecular complexity index is 360. The summed E-state index contributed by atoms with van der Waals surface area (Å²) in [4.78, 5) is 0. The van der Waals surface area contributed by atoms with Crippen molar-refractivity contribution >= 4 is 15.9 Å². The van der Waals surface area contributed by atoms with Crippen LogP contribution in [0.2, 0.25) is 0 Å². The number of rotatable bonds is 6. The van der Waals surface area contributed by atoms with Gasteiger partial charge in [-0.15, -0.1) is 0 Å². The highest BCUT2D eigenvalue weighted by atomic mass is 79.9. The van der Waals surface area contributed by atoms with Crippen LogP contribution in [-0.4, -0.2) is 19.2 Å². The minimum atomic E-state index is 0.177. The number of likely N-dealkylation sites (N-methyl/N-ethyl adjacent to an activating group) is 1. The van der Waals surface area contributed by atoms with Crippen molar-refractivity contribution in [3.05, 3.63) is 34.3 Å². The van der Waals surface area contributed by atoms with E-state index in [0.29, 0.717) is 6.10 Å². The molecule has 1 fully saturated rings. The normalized spacial score (nSPS) is 18.4. The van der Waals surface area contributed by atoms with E-state index in [1.807, 2.05) is 0 Å². The average Bonchev–Trinajstić information content (AvgIpc) is 2.45. The third-order valence-electron chi connectivity index (χ3n) is 3.73. The highest BCUT2D eigenvalue weighted by molar-refractivity contribution is 9.10. The van der Waals surface area contributed by atoms with Crippen molar-refractivity contribution in [2.45, 2.75) is 51.2 Å². The van der Waals surface area contributed by atoms with Crippen LogP contribution in [0.5, 0.6) is 0 Å². The van der Waals surface area contributed by atoms with E-state index >= 15 is 0 Å². The minimum Gasteiger partial charge on any atom is -0.369 e. The first kappa shape index (κ1) is 15.0. The molecule has 1 N–H and O–H groups in total. The Kier molecular flexibility index (Phi) is 6.35. The monoisotopic (exact) mass is 325 g/mol. The second kappa shape index (κ2) is 8.03. The van der Waals surface area contributed by atoms with E-state index in [1.54, 1.807) is 0 Å². The molecule has 0 amide bonds. The Morgan fingerprint density at radius 3 is 2.53 bits per heavy atom. The lowest BCUT2D eigenvalue weighted by Gasteiger charge is -2.28. The topological polar surface area (TPSA) is 21.3 Å². The Morgan fingerprint density at radius 1 is 1.21 bits per heavy atom. The lowest BCUT2D eigenvalue weighted by atomic mass is 9.97. The molecule has 0 bridgehead atoms. The quantitative estimate of drug-likeness (QED) is 0.834. The summed E-state index contributed by atoms with van der Waals surface area (Å²) in [5.74, 6) is 0. The summed E-state index contributed by atoms with van der Waals surface area (Å²) in [7, 11) is 0. The second-order valence-electron chi connectivity index (χ2n) is 5.24. The van der Waals surface area contributed by atoms with E-state index in [4.69, 9.17) is 4.74 Å². The fraction of sp³-hybridized carbons (Fsp3) is 0.625. The number of ether oxygens (including phenoxy) is 1. The third-order valence-corrected chi connectivity index (χ3v) is 4.26. The number of benzene rings is 1. The number of hydrogen-bond donors (Lipinski definition) is 1. The smallest absolute Gasteiger partial charge is 0.0952 e. The van der Waals surface area contributed by atoms with Crippen molar-refractivity contribution in [2.24, 2.45) is 0 Å². The van der Waals surface area contributed by atoms with Gasteiger partial charge in [-0.3, -0.25) is 0 Å². The maximum absolute atomic E-state index is 6.34. The average molecular weight is 326 g/mol. The van der Waals surface area contributed by atoms with Crippen LogP contribution in [0, 0.1) is 0 Å². The Hall–Kier alpha value is -0.380. The van der Waals surface area contributed by atoms with Gasteiger partial charge >= 0.3 is 0 Å². The summed E-state index contributed by atoms with van der Waals surface area (Å²) >= 11 is 3.49. The van der Waals surface area contributed by atoms with Gasteiger partial charge in [-0.2, -0.15) is 0 Å². The van der Waals surface area contributed by atoms with E-state index < -0.39 is 0 Å². The number of hydrogen-bond acceptors (Lipinski definition) is 2. The van der Waals surface area contributed by atoms with Crippen LogP contribution in [0.4, 0.5) is 0 Å². The second-order valence-corrected chi connectivity index (χ2v) is 6.16. The molecule has 106 valence electrons. The zero-order chi connectivity index (χ0) is 13.5. The minimum absolute atomic E-state index is 0.177. The summed E-state index contributed by atoms with van der Waals surface area (Å²) in [5, 5.41) is 3.41. The first-order valence-electron chi connectivity index (χ1n) is 7.41. The van der Waals surface area contributed by atoms with Gasteiger partial charge in [-0.05, 0) is 37.1 Å². The zero-order valence-corrected chi connectivity index (χ0v) is 13.3. The summed E-state index contributed by atoms with van der Waals surface area (Å²) in [6.45, 7) is 4.02. The molecule has 1 aliphatic rings. The van der Waals surface area contributed by atoms with Crippen molar-refractivity contribution < 1.29 is 4.74 Å². The molecule has 0 saturated heterocycles. The van der Waals surface area contributed by atoms with E-state index in [1.165, 1.54) is 37.7 Å². The van der Waals surface area contributed by atoms with Crippen molar-refractivity contribution in [1.29, 1.82) is 0 Å². The molecule has 1 aliphatic carbocycles. The first-order chi connectivity index (χ1) is 9.29. The van der Waals surface area contributed by atoms with Gasteiger partial charge in [0.1, 0.15) is 0 Å². The van der Waals surface area contributed by atoms with Crippen molar-refractivity contribution in [3.8, 4) is 0 Å². The Morgan fingerprint density at radius 2 is 1.89 bits per heavy atom. The molecule has 1 aromatic rings. The molecule has 19 heavy (non-hydrogen) atoms. The van der Waals surface area contributed by atoms with Crippen LogP contribution < -0.4 is 5.32 Å². The predicted molar refractivity (Wildman–Crippen MR) is 83.4 cm³/mol. The standard InChI is InChI=1S/C16H24BrNO/c1-2-18-12-16(13-8-10-14(17)11-9-13)19-15-6-4-3-5-7-15/h8-11,15-16,18H,2-7,12H2,1H3. The van der Waals surface area contributed by atoms with Crippen LogP contribution in [0.1, 0.15) is 50.7 Å². The molecule has 0 aliphatic heterocycles. The van der Waals surface area contributed by atoms with Gasteiger partial charge in [0.2, 0.25) is 0 Å². The molecule has 1 unspecified atom stereocenters. The van der Waals surface area contributed by atoms with Gasteiger partial charge in [-0.25, -0.2) is 0 Å². The molecule has 0 aromatic heterocycles. The van der Waals surface area contributed by atoms with Crippen LogP contribution in [0.25, 0.3) is 0 Å². The third kappa shape index (κ3) is 4.90. The molecule has 0 radical (unpaired) electrons. The van der Waals surface area contributed by atoms with E-state index in [2.05, 4.69) is 52.4 Å². The van der Waals surface area contributed by atoms with Crippen molar-refractivity contribution in [2.75, 3.05) is 13.1 Å². The molecule has 2 nitrogen and oxygen atoms in total. The van der Waals surface area contributed by atoms with E-state index in [9.17, 15) is 0 Å². The van der Waals surface area contributed by atoms with Gasteiger partial charge in [0.15, 0.2) is 0 Å². The number of halogens is 1. The van der Waals surface area contributed by atoms with Crippen LogP contribution >= 0.6 is 15.9 Å². The number of nitrogens with one attached hydrogen (secondary N) is 1. The molecular formula is C16H24BrNO. The highest BCUT2D eigenvalue weighted by Crippen LogP contribution is 2.27.